The van der Waals surface area contributed by atoms with E-state index in [1.54, 1.807) is 6.20 Å². The Morgan fingerprint density at radius 3 is 2.76 bits per heavy atom. The standard InChI is InChI=1S/C12H15F3N6/c13-12(14,15)5-21-11(19-10(20-21)7-1-2-7)9(16)3-8-4-17-6-18-8/h4,6-7,9H,1-3,5,16H2,(H,17,18)/t9-/m0/s1. The summed E-state index contributed by atoms with van der Waals surface area (Å²) >= 11 is 0. The Balaban J connectivity index is 1.84. The molecule has 0 bridgehead atoms. The van der Waals surface area contributed by atoms with Crippen molar-refractivity contribution in [3.63, 3.8) is 0 Å². The smallest absolute Gasteiger partial charge is 0.348 e. The second kappa shape index (κ2) is 5.14. The molecule has 9 heteroatoms. The lowest BCUT2D eigenvalue weighted by Crippen LogP contribution is -2.25. The van der Waals surface area contributed by atoms with Crippen LogP contribution in [0.3, 0.4) is 0 Å². The SMILES string of the molecule is N[C@@H](Cc1cnc[nH]1)c1nc(C2CC2)nn1CC(F)(F)F. The summed E-state index contributed by atoms with van der Waals surface area (Å²) in [5.74, 6) is 0.815. The normalized spacial score (nSPS) is 17.1. The zero-order chi connectivity index (χ0) is 15.0. The largest absolute Gasteiger partial charge is 0.408 e. The summed E-state index contributed by atoms with van der Waals surface area (Å²) in [6, 6.07) is -0.659. The van der Waals surface area contributed by atoms with E-state index >= 15 is 0 Å². The molecule has 1 aliphatic carbocycles. The Morgan fingerprint density at radius 2 is 2.19 bits per heavy atom. The summed E-state index contributed by atoms with van der Waals surface area (Å²) in [5.41, 5.74) is 6.75. The lowest BCUT2D eigenvalue weighted by Gasteiger charge is -2.13. The summed E-state index contributed by atoms with van der Waals surface area (Å²) in [6.45, 7) is -1.17. The number of hydrogen-bond acceptors (Lipinski definition) is 4. The van der Waals surface area contributed by atoms with Crippen molar-refractivity contribution in [3.05, 3.63) is 29.9 Å². The predicted molar refractivity (Wildman–Crippen MR) is 67.3 cm³/mol. The molecule has 0 unspecified atom stereocenters. The molecular weight excluding hydrogens is 285 g/mol. The van der Waals surface area contributed by atoms with Gasteiger partial charge in [0.05, 0.1) is 12.4 Å². The fourth-order valence-corrected chi connectivity index (χ4v) is 2.17. The molecule has 1 atom stereocenters. The predicted octanol–water partition coefficient (Wildman–Crippen LogP) is 1.68. The Bertz CT molecular complexity index is 599. The van der Waals surface area contributed by atoms with Gasteiger partial charge in [-0.25, -0.2) is 14.6 Å². The number of nitrogens with zero attached hydrogens (tertiary/aromatic N) is 4. The second-order valence-electron chi connectivity index (χ2n) is 5.26. The van der Waals surface area contributed by atoms with E-state index in [-0.39, 0.29) is 11.7 Å². The van der Waals surface area contributed by atoms with E-state index in [9.17, 15) is 13.2 Å². The van der Waals surface area contributed by atoms with Gasteiger partial charge in [0.2, 0.25) is 0 Å². The number of aromatic nitrogens is 5. The highest BCUT2D eigenvalue weighted by atomic mass is 19.4. The highest BCUT2D eigenvalue weighted by molar-refractivity contribution is 5.10. The molecule has 1 aliphatic rings. The van der Waals surface area contributed by atoms with Crippen molar-refractivity contribution in [1.29, 1.82) is 0 Å². The fourth-order valence-electron chi connectivity index (χ4n) is 2.17. The lowest BCUT2D eigenvalue weighted by molar-refractivity contribution is -0.143. The van der Waals surface area contributed by atoms with Crippen molar-refractivity contribution < 1.29 is 13.2 Å². The van der Waals surface area contributed by atoms with Crippen LogP contribution in [-0.4, -0.2) is 30.9 Å². The fraction of sp³-hybridized carbons (Fsp3) is 0.583. The highest BCUT2D eigenvalue weighted by Gasteiger charge is 2.34. The van der Waals surface area contributed by atoms with Crippen molar-refractivity contribution in [2.75, 3.05) is 0 Å². The number of rotatable bonds is 5. The first-order valence-electron chi connectivity index (χ1n) is 6.66. The van der Waals surface area contributed by atoms with Crippen LogP contribution in [0.5, 0.6) is 0 Å². The zero-order valence-electron chi connectivity index (χ0n) is 11.1. The number of alkyl halides is 3. The minimum absolute atomic E-state index is 0.170. The summed E-state index contributed by atoms with van der Waals surface area (Å²) in [4.78, 5) is 11.0. The van der Waals surface area contributed by atoms with E-state index in [1.165, 1.54) is 6.33 Å². The number of nitrogens with two attached hydrogens (primary N) is 1. The maximum Gasteiger partial charge on any atom is 0.408 e. The molecule has 3 rings (SSSR count). The maximum atomic E-state index is 12.6. The van der Waals surface area contributed by atoms with Gasteiger partial charge in [-0.15, -0.1) is 0 Å². The number of H-pyrrole nitrogens is 1. The number of imidazole rings is 1. The van der Waals surface area contributed by atoms with E-state index in [0.29, 0.717) is 12.2 Å². The molecule has 0 radical (unpaired) electrons. The minimum Gasteiger partial charge on any atom is -0.348 e. The maximum absolute atomic E-state index is 12.6. The average Bonchev–Trinajstić information content (AvgIpc) is 2.95. The third-order valence-corrected chi connectivity index (χ3v) is 3.31. The summed E-state index contributed by atoms with van der Waals surface area (Å²) in [7, 11) is 0. The van der Waals surface area contributed by atoms with Gasteiger partial charge >= 0.3 is 6.18 Å². The first-order valence-corrected chi connectivity index (χ1v) is 6.66. The minimum atomic E-state index is -4.35. The van der Waals surface area contributed by atoms with Crippen LogP contribution < -0.4 is 5.73 Å². The van der Waals surface area contributed by atoms with Crippen molar-refractivity contribution in [2.45, 2.75) is 43.9 Å². The molecule has 2 aromatic heterocycles. The van der Waals surface area contributed by atoms with Crippen LogP contribution in [0.1, 0.15) is 42.1 Å². The number of nitrogens with one attached hydrogen (secondary N) is 1. The Labute approximate surface area is 118 Å². The van der Waals surface area contributed by atoms with E-state index < -0.39 is 18.8 Å². The highest BCUT2D eigenvalue weighted by Crippen LogP contribution is 2.38. The molecule has 6 nitrogen and oxygen atoms in total. The van der Waals surface area contributed by atoms with Gasteiger partial charge in [-0.3, -0.25) is 0 Å². The molecule has 1 fully saturated rings. The van der Waals surface area contributed by atoms with Crippen molar-refractivity contribution in [1.82, 2.24) is 24.7 Å². The van der Waals surface area contributed by atoms with Gasteiger partial charge in [0.15, 0.2) is 5.82 Å². The molecule has 1 saturated carbocycles. The van der Waals surface area contributed by atoms with E-state index in [2.05, 4.69) is 20.1 Å². The van der Waals surface area contributed by atoms with Gasteiger partial charge in [0.1, 0.15) is 12.4 Å². The Morgan fingerprint density at radius 1 is 1.43 bits per heavy atom. The first kappa shape index (κ1) is 14.1. The van der Waals surface area contributed by atoms with Crippen molar-refractivity contribution in [2.24, 2.45) is 5.73 Å². The molecule has 0 aromatic carbocycles. The molecular formula is C12H15F3N6. The van der Waals surface area contributed by atoms with Crippen LogP contribution in [0.2, 0.25) is 0 Å². The van der Waals surface area contributed by atoms with Gasteiger partial charge in [-0.1, -0.05) is 0 Å². The molecule has 0 amide bonds. The van der Waals surface area contributed by atoms with Gasteiger partial charge in [-0.2, -0.15) is 18.3 Å². The zero-order valence-corrected chi connectivity index (χ0v) is 11.1. The van der Waals surface area contributed by atoms with Crippen LogP contribution in [0.15, 0.2) is 12.5 Å². The van der Waals surface area contributed by atoms with Crippen LogP contribution in [0, 0.1) is 0 Å². The van der Waals surface area contributed by atoms with Gasteiger partial charge in [0.25, 0.3) is 0 Å². The molecule has 21 heavy (non-hydrogen) atoms. The third kappa shape index (κ3) is 3.41. The second-order valence-corrected chi connectivity index (χ2v) is 5.26. The van der Waals surface area contributed by atoms with Gasteiger partial charge < -0.3 is 10.7 Å². The van der Waals surface area contributed by atoms with Crippen LogP contribution in [0.4, 0.5) is 13.2 Å². The summed E-state index contributed by atoms with van der Waals surface area (Å²) in [5, 5.41) is 3.99. The van der Waals surface area contributed by atoms with Crippen molar-refractivity contribution in [3.8, 4) is 0 Å². The third-order valence-electron chi connectivity index (χ3n) is 3.31. The number of aromatic amines is 1. The number of hydrogen-bond donors (Lipinski definition) is 2. The summed E-state index contributed by atoms with van der Waals surface area (Å²) in [6.07, 6.45) is 0.915. The quantitative estimate of drug-likeness (QED) is 0.880. The average molecular weight is 300 g/mol. The first-order chi connectivity index (χ1) is 9.92. The van der Waals surface area contributed by atoms with Crippen LogP contribution in [-0.2, 0) is 13.0 Å². The lowest BCUT2D eigenvalue weighted by atomic mass is 10.1. The Hall–Kier alpha value is -1.90. The van der Waals surface area contributed by atoms with Gasteiger partial charge in [-0.05, 0) is 12.8 Å². The molecule has 114 valence electrons. The van der Waals surface area contributed by atoms with E-state index in [1.807, 2.05) is 0 Å². The molecule has 3 N–H and O–H groups in total. The number of halogens is 3. The molecule has 0 spiro atoms. The van der Waals surface area contributed by atoms with Crippen LogP contribution >= 0.6 is 0 Å². The topological polar surface area (TPSA) is 85.4 Å². The molecule has 2 aromatic rings. The molecule has 0 saturated heterocycles. The van der Waals surface area contributed by atoms with Crippen LogP contribution in [0.25, 0.3) is 0 Å². The Kier molecular flexibility index (Phi) is 3.44. The van der Waals surface area contributed by atoms with E-state index in [0.717, 1.165) is 23.2 Å². The van der Waals surface area contributed by atoms with E-state index in [4.69, 9.17) is 5.73 Å². The van der Waals surface area contributed by atoms with Gasteiger partial charge in [0, 0.05) is 24.2 Å². The summed E-state index contributed by atoms with van der Waals surface area (Å²) < 4.78 is 38.8. The molecule has 2 heterocycles. The molecule has 0 aliphatic heterocycles. The van der Waals surface area contributed by atoms with Crippen molar-refractivity contribution >= 4 is 0 Å². The monoisotopic (exact) mass is 300 g/mol.